The number of hydrogen-bond acceptors (Lipinski definition) is 6. The molecule has 0 radical (unpaired) electrons. The smallest absolute Gasteiger partial charge is 0.273 e. The van der Waals surface area contributed by atoms with Crippen molar-refractivity contribution in [3.63, 3.8) is 0 Å². The number of thiazole rings is 1. The average molecular weight is 368 g/mol. The van der Waals surface area contributed by atoms with Crippen LogP contribution in [0.5, 0.6) is 5.75 Å². The molecule has 1 unspecified atom stereocenters. The molecule has 1 atom stereocenters. The van der Waals surface area contributed by atoms with E-state index in [-0.39, 0.29) is 5.91 Å². The van der Waals surface area contributed by atoms with E-state index in [0.717, 1.165) is 53.6 Å². The predicted octanol–water partition coefficient (Wildman–Crippen LogP) is 3.47. The van der Waals surface area contributed by atoms with E-state index in [1.807, 2.05) is 19.1 Å². The number of nitrogens with zero attached hydrogens (tertiary/aromatic N) is 3. The van der Waals surface area contributed by atoms with Gasteiger partial charge in [0.05, 0.1) is 18.0 Å². The van der Waals surface area contributed by atoms with Crippen LogP contribution in [0.2, 0.25) is 0 Å². The molecular formula is C19H20N4O2S. The first-order chi connectivity index (χ1) is 12.6. The number of amides is 1. The van der Waals surface area contributed by atoms with Crippen LogP contribution in [-0.2, 0) is 6.42 Å². The van der Waals surface area contributed by atoms with Gasteiger partial charge in [-0.25, -0.2) is 15.0 Å². The molecule has 1 N–H and O–H groups in total. The summed E-state index contributed by atoms with van der Waals surface area (Å²) in [6.45, 7) is 4.76. The van der Waals surface area contributed by atoms with Gasteiger partial charge in [-0.2, -0.15) is 0 Å². The van der Waals surface area contributed by atoms with Crippen LogP contribution in [0.4, 0.5) is 0 Å². The molecule has 134 valence electrons. The predicted molar refractivity (Wildman–Crippen MR) is 103 cm³/mol. The van der Waals surface area contributed by atoms with E-state index in [1.165, 1.54) is 16.9 Å². The van der Waals surface area contributed by atoms with Gasteiger partial charge >= 0.3 is 0 Å². The molecule has 0 fully saturated rings. The highest BCUT2D eigenvalue weighted by atomic mass is 32.1. The van der Waals surface area contributed by atoms with Crippen LogP contribution < -0.4 is 10.1 Å². The van der Waals surface area contributed by atoms with Gasteiger partial charge in [0.25, 0.3) is 5.91 Å². The molecule has 2 aromatic rings. The SMILES string of the molecule is CCCC1=NC(NC(=O)c2csc(-c3ccc4c(c3)CCO4)n2)N=C1C. The molecule has 1 amide bonds. The second kappa shape index (κ2) is 6.99. The molecule has 7 heteroatoms. The summed E-state index contributed by atoms with van der Waals surface area (Å²) < 4.78 is 5.54. The van der Waals surface area contributed by atoms with E-state index in [0.29, 0.717) is 5.69 Å². The summed E-state index contributed by atoms with van der Waals surface area (Å²) in [5, 5.41) is 5.43. The summed E-state index contributed by atoms with van der Waals surface area (Å²) in [6.07, 6.45) is 2.27. The fraction of sp³-hybridized carbons (Fsp3) is 0.368. The number of rotatable bonds is 5. The van der Waals surface area contributed by atoms with Crippen LogP contribution in [0.3, 0.4) is 0 Å². The van der Waals surface area contributed by atoms with Gasteiger partial charge in [0, 0.05) is 17.4 Å². The van der Waals surface area contributed by atoms with Crippen molar-refractivity contribution in [1.29, 1.82) is 0 Å². The molecule has 2 aliphatic rings. The lowest BCUT2D eigenvalue weighted by Crippen LogP contribution is -2.31. The van der Waals surface area contributed by atoms with Crippen molar-refractivity contribution in [2.75, 3.05) is 6.61 Å². The lowest BCUT2D eigenvalue weighted by molar-refractivity contribution is 0.0936. The number of benzene rings is 1. The summed E-state index contributed by atoms with van der Waals surface area (Å²) in [5.41, 5.74) is 4.47. The van der Waals surface area contributed by atoms with Gasteiger partial charge in [-0.3, -0.25) is 4.79 Å². The molecule has 26 heavy (non-hydrogen) atoms. The monoisotopic (exact) mass is 368 g/mol. The van der Waals surface area contributed by atoms with E-state index in [9.17, 15) is 4.79 Å². The van der Waals surface area contributed by atoms with Crippen LogP contribution in [0.15, 0.2) is 33.6 Å². The number of carbonyl (C=O) groups excluding carboxylic acids is 1. The largest absolute Gasteiger partial charge is 0.493 e. The molecule has 6 nitrogen and oxygen atoms in total. The maximum absolute atomic E-state index is 12.5. The quantitative estimate of drug-likeness (QED) is 0.878. The number of nitrogens with one attached hydrogen (secondary N) is 1. The highest BCUT2D eigenvalue weighted by molar-refractivity contribution is 7.13. The molecule has 1 aromatic carbocycles. The summed E-state index contributed by atoms with van der Waals surface area (Å²) in [5.74, 6) is 0.693. The number of fused-ring (bicyclic) bond motifs is 1. The Labute approximate surface area is 156 Å². The lowest BCUT2D eigenvalue weighted by Gasteiger charge is -2.05. The molecule has 0 saturated heterocycles. The number of aliphatic imine (C=N–C) groups is 2. The molecule has 0 bridgehead atoms. The number of aromatic nitrogens is 1. The van der Waals surface area contributed by atoms with Crippen molar-refractivity contribution in [2.45, 2.75) is 39.4 Å². The molecule has 0 saturated carbocycles. The van der Waals surface area contributed by atoms with Crippen LogP contribution in [0.25, 0.3) is 10.6 Å². The van der Waals surface area contributed by atoms with Crippen LogP contribution >= 0.6 is 11.3 Å². The van der Waals surface area contributed by atoms with E-state index >= 15 is 0 Å². The molecular weight excluding hydrogens is 348 g/mol. The molecule has 3 heterocycles. The average Bonchev–Trinajstić information content (AvgIpc) is 3.35. The van der Waals surface area contributed by atoms with Crippen molar-refractivity contribution in [3.05, 3.63) is 34.8 Å². The van der Waals surface area contributed by atoms with Crippen molar-refractivity contribution in [2.24, 2.45) is 9.98 Å². The maximum atomic E-state index is 12.5. The van der Waals surface area contributed by atoms with Gasteiger partial charge in [0.15, 0.2) is 0 Å². The minimum absolute atomic E-state index is 0.250. The Kier molecular flexibility index (Phi) is 4.55. The number of hydrogen-bond donors (Lipinski definition) is 1. The van der Waals surface area contributed by atoms with Crippen molar-refractivity contribution in [3.8, 4) is 16.3 Å². The molecule has 0 aliphatic carbocycles. The highest BCUT2D eigenvalue weighted by Crippen LogP contribution is 2.31. The van der Waals surface area contributed by atoms with Gasteiger partial charge in [-0.05, 0) is 37.1 Å². The van der Waals surface area contributed by atoms with Crippen LogP contribution in [-0.4, -0.2) is 35.2 Å². The second-order valence-electron chi connectivity index (χ2n) is 6.35. The first-order valence-corrected chi connectivity index (χ1v) is 9.66. The Bertz CT molecular complexity index is 916. The van der Waals surface area contributed by atoms with Crippen LogP contribution in [0.1, 0.15) is 42.7 Å². The third kappa shape index (κ3) is 3.26. The molecule has 2 aliphatic heterocycles. The van der Waals surface area contributed by atoms with Crippen molar-refractivity contribution >= 4 is 28.7 Å². The number of carbonyl (C=O) groups is 1. The van der Waals surface area contributed by atoms with E-state index in [4.69, 9.17) is 4.74 Å². The first kappa shape index (κ1) is 16.9. The third-order valence-electron chi connectivity index (χ3n) is 4.43. The van der Waals surface area contributed by atoms with Crippen LogP contribution in [0, 0.1) is 0 Å². The van der Waals surface area contributed by atoms with Crippen molar-refractivity contribution < 1.29 is 9.53 Å². The van der Waals surface area contributed by atoms with Gasteiger partial charge in [0.2, 0.25) is 6.29 Å². The van der Waals surface area contributed by atoms with Crippen molar-refractivity contribution in [1.82, 2.24) is 10.3 Å². The third-order valence-corrected chi connectivity index (χ3v) is 5.32. The summed E-state index contributed by atoms with van der Waals surface area (Å²) in [7, 11) is 0. The Hall–Kier alpha value is -2.54. The van der Waals surface area contributed by atoms with Gasteiger partial charge < -0.3 is 10.1 Å². The summed E-state index contributed by atoms with van der Waals surface area (Å²) >= 11 is 1.46. The Morgan fingerprint density at radius 3 is 3.12 bits per heavy atom. The minimum Gasteiger partial charge on any atom is -0.493 e. The lowest BCUT2D eigenvalue weighted by atomic mass is 10.1. The Morgan fingerprint density at radius 2 is 2.27 bits per heavy atom. The minimum atomic E-state index is -0.536. The van der Waals surface area contributed by atoms with E-state index < -0.39 is 6.29 Å². The van der Waals surface area contributed by atoms with E-state index in [1.54, 1.807) is 5.38 Å². The van der Waals surface area contributed by atoms with Gasteiger partial charge in [-0.1, -0.05) is 13.3 Å². The topological polar surface area (TPSA) is 75.9 Å². The number of ether oxygens (including phenoxy) is 1. The molecule has 4 rings (SSSR count). The zero-order valence-corrected chi connectivity index (χ0v) is 15.6. The molecule has 1 aromatic heterocycles. The maximum Gasteiger partial charge on any atom is 0.273 e. The normalized spacial score (nSPS) is 18.2. The highest BCUT2D eigenvalue weighted by Gasteiger charge is 2.21. The Morgan fingerprint density at radius 1 is 1.38 bits per heavy atom. The fourth-order valence-corrected chi connectivity index (χ4v) is 3.89. The standard InChI is InChI=1S/C19H20N4O2S/c1-3-4-14-11(2)20-19(22-14)23-17(24)15-10-26-18(21-15)13-5-6-16-12(9-13)7-8-25-16/h5-6,9-10,19H,3-4,7-8H2,1-2H3,(H,23,24). The summed E-state index contributed by atoms with van der Waals surface area (Å²) in [6, 6.07) is 6.05. The fourth-order valence-electron chi connectivity index (χ4n) is 3.10. The molecule has 0 spiro atoms. The zero-order chi connectivity index (χ0) is 18.1. The summed E-state index contributed by atoms with van der Waals surface area (Å²) in [4.78, 5) is 25.8. The first-order valence-electron chi connectivity index (χ1n) is 8.78. The second-order valence-corrected chi connectivity index (χ2v) is 7.20. The van der Waals surface area contributed by atoms with Gasteiger partial charge in [0.1, 0.15) is 16.5 Å². The zero-order valence-electron chi connectivity index (χ0n) is 14.8. The van der Waals surface area contributed by atoms with Gasteiger partial charge in [-0.15, -0.1) is 11.3 Å². The van der Waals surface area contributed by atoms with E-state index in [2.05, 4.69) is 33.3 Å². The Balaban J connectivity index is 1.47.